The summed E-state index contributed by atoms with van der Waals surface area (Å²) in [6, 6.07) is 5.60. The van der Waals surface area contributed by atoms with Gasteiger partial charge in [-0.3, -0.25) is 4.79 Å². The molecule has 9 heteroatoms. The number of β-amino-alcohol motifs (C(OH)–C–C–N with tert-alkyl or cyclic N) is 1. The van der Waals surface area contributed by atoms with Gasteiger partial charge in [-0.2, -0.15) is 4.31 Å². The summed E-state index contributed by atoms with van der Waals surface area (Å²) in [6.07, 6.45) is 4.08. The minimum absolute atomic E-state index is 0.0223. The van der Waals surface area contributed by atoms with Crippen molar-refractivity contribution in [2.45, 2.75) is 80.6 Å². The Morgan fingerprint density at radius 2 is 1.75 bits per heavy atom. The Balaban J connectivity index is 1.47. The lowest BCUT2D eigenvalue weighted by Crippen LogP contribution is -2.58. The molecule has 0 aromatic heterocycles. The van der Waals surface area contributed by atoms with E-state index in [2.05, 4.69) is 0 Å². The van der Waals surface area contributed by atoms with Gasteiger partial charge in [0.25, 0.3) is 0 Å². The van der Waals surface area contributed by atoms with Gasteiger partial charge in [-0.1, -0.05) is 11.6 Å². The Bertz CT molecular complexity index is 977. The van der Waals surface area contributed by atoms with Crippen molar-refractivity contribution in [3.8, 4) is 0 Å². The molecule has 2 N–H and O–H groups in total. The van der Waals surface area contributed by atoms with Gasteiger partial charge in [-0.05, 0) is 80.5 Å². The molecule has 176 valence electrons. The fourth-order valence-corrected chi connectivity index (χ4v) is 7.83. The van der Waals surface area contributed by atoms with Gasteiger partial charge in [0.2, 0.25) is 15.9 Å². The molecule has 7 nitrogen and oxygen atoms in total. The zero-order chi connectivity index (χ0) is 22.7. The molecule has 2 aliphatic heterocycles. The van der Waals surface area contributed by atoms with Gasteiger partial charge in [0.05, 0.1) is 17.1 Å². The smallest absolute Gasteiger partial charge is 0.243 e. The molecule has 32 heavy (non-hydrogen) atoms. The summed E-state index contributed by atoms with van der Waals surface area (Å²) in [5.74, 6) is 0.237. The predicted molar refractivity (Wildman–Crippen MR) is 120 cm³/mol. The second-order valence-electron chi connectivity index (χ2n) is 10.2. The number of halogens is 1. The first kappa shape index (κ1) is 22.6. The lowest BCUT2D eigenvalue weighted by atomic mass is 9.82. The summed E-state index contributed by atoms with van der Waals surface area (Å²) < 4.78 is 29.4. The summed E-state index contributed by atoms with van der Waals surface area (Å²) in [7, 11) is -3.81. The number of carbonyl (C=O) groups is 1. The van der Waals surface area contributed by atoms with Crippen LogP contribution in [-0.4, -0.2) is 71.1 Å². The van der Waals surface area contributed by atoms with E-state index in [0.29, 0.717) is 37.4 Å². The molecule has 4 unspecified atom stereocenters. The van der Waals surface area contributed by atoms with E-state index in [4.69, 9.17) is 11.6 Å². The van der Waals surface area contributed by atoms with E-state index in [9.17, 15) is 23.4 Å². The highest BCUT2D eigenvalue weighted by Gasteiger charge is 2.60. The Hall–Kier alpha value is -1.19. The lowest BCUT2D eigenvalue weighted by molar-refractivity contribution is -0.133. The second-order valence-corrected chi connectivity index (χ2v) is 12.4. The molecule has 1 aromatic carbocycles. The third-order valence-corrected chi connectivity index (χ3v) is 10.0. The van der Waals surface area contributed by atoms with Crippen LogP contribution in [0, 0.1) is 11.3 Å². The molecular weight excluding hydrogens is 452 g/mol. The van der Waals surface area contributed by atoms with Crippen molar-refractivity contribution >= 4 is 27.5 Å². The minimum atomic E-state index is -3.81. The van der Waals surface area contributed by atoms with Crippen molar-refractivity contribution in [1.82, 2.24) is 9.21 Å². The highest BCUT2D eigenvalue weighted by molar-refractivity contribution is 7.89. The van der Waals surface area contributed by atoms with Gasteiger partial charge in [-0.25, -0.2) is 8.42 Å². The van der Waals surface area contributed by atoms with E-state index in [0.717, 1.165) is 25.7 Å². The van der Waals surface area contributed by atoms with Crippen molar-refractivity contribution in [1.29, 1.82) is 0 Å². The molecule has 1 aromatic rings. The quantitative estimate of drug-likeness (QED) is 0.648. The number of sulfonamides is 1. The largest absolute Gasteiger partial charge is 0.393 e. The molecule has 0 bridgehead atoms. The number of aliphatic hydroxyl groups is 2. The van der Waals surface area contributed by atoms with Crippen molar-refractivity contribution in [2.75, 3.05) is 13.1 Å². The van der Waals surface area contributed by atoms with Crippen LogP contribution in [0.2, 0.25) is 5.02 Å². The number of rotatable bonds is 6. The van der Waals surface area contributed by atoms with Gasteiger partial charge in [0.15, 0.2) is 0 Å². The van der Waals surface area contributed by atoms with Crippen LogP contribution in [0.15, 0.2) is 29.2 Å². The summed E-state index contributed by atoms with van der Waals surface area (Å²) >= 11 is 6.00. The highest BCUT2D eigenvalue weighted by Crippen LogP contribution is 2.58. The van der Waals surface area contributed by atoms with E-state index in [-0.39, 0.29) is 29.2 Å². The van der Waals surface area contributed by atoms with Crippen LogP contribution in [-0.2, 0) is 14.8 Å². The number of hydrogen-bond acceptors (Lipinski definition) is 5. The fourth-order valence-electron chi connectivity index (χ4n) is 5.72. The van der Waals surface area contributed by atoms with E-state index < -0.39 is 33.7 Å². The van der Waals surface area contributed by atoms with Crippen molar-refractivity contribution < 1.29 is 23.4 Å². The second kappa shape index (κ2) is 8.24. The normalized spacial score (nSPS) is 32.8. The molecule has 2 aliphatic carbocycles. The van der Waals surface area contributed by atoms with E-state index in [1.807, 2.05) is 0 Å². The van der Waals surface area contributed by atoms with Gasteiger partial charge in [-0.15, -0.1) is 0 Å². The Morgan fingerprint density at radius 1 is 1.06 bits per heavy atom. The summed E-state index contributed by atoms with van der Waals surface area (Å²) in [6.45, 7) is 0.889. The summed E-state index contributed by atoms with van der Waals surface area (Å²) in [4.78, 5) is 14.9. The number of amides is 1. The van der Waals surface area contributed by atoms with Crippen LogP contribution >= 0.6 is 11.6 Å². The molecule has 4 aliphatic rings. The van der Waals surface area contributed by atoms with Crippen molar-refractivity contribution in [3.63, 3.8) is 0 Å². The first-order chi connectivity index (χ1) is 15.2. The van der Waals surface area contributed by atoms with Crippen LogP contribution in [0.3, 0.4) is 0 Å². The zero-order valence-electron chi connectivity index (χ0n) is 18.1. The SMILES string of the molecule is O=C(CC1(C2CC(O)CC(C3CC3)N2S(=O)(=O)c2ccc(Cl)cc2)CC1)N1CCC(O)C1. The van der Waals surface area contributed by atoms with Crippen LogP contribution in [0.25, 0.3) is 0 Å². The van der Waals surface area contributed by atoms with E-state index in [1.54, 1.807) is 33.5 Å². The van der Waals surface area contributed by atoms with E-state index >= 15 is 0 Å². The summed E-state index contributed by atoms with van der Waals surface area (Å²) in [5.41, 5.74) is -0.446. The Morgan fingerprint density at radius 3 is 2.31 bits per heavy atom. The minimum Gasteiger partial charge on any atom is -0.393 e. The summed E-state index contributed by atoms with van der Waals surface area (Å²) in [5, 5.41) is 21.0. The molecule has 2 saturated heterocycles. The highest BCUT2D eigenvalue weighted by atomic mass is 35.5. The topological polar surface area (TPSA) is 98.2 Å². The number of hydrogen-bond donors (Lipinski definition) is 2. The average Bonchev–Trinajstić information content (AvgIpc) is 3.67. The number of benzene rings is 1. The number of carbonyl (C=O) groups excluding carboxylic acids is 1. The van der Waals surface area contributed by atoms with Gasteiger partial charge in [0, 0.05) is 36.6 Å². The first-order valence-electron chi connectivity index (χ1n) is 11.6. The third-order valence-electron chi connectivity index (χ3n) is 7.82. The molecule has 5 rings (SSSR count). The van der Waals surface area contributed by atoms with Crippen LogP contribution in [0.4, 0.5) is 0 Å². The first-order valence-corrected chi connectivity index (χ1v) is 13.4. The molecular formula is C23H31ClN2O5S. The molecule has 4 atom stereocenters. The Kier molecular flexibility index (Phi) is 5.82. The van der Waals surface area contributed by atoms with Gasteiger partial charge in [0.1, 0.15) is 0 Å². The number of aliphatic hydroxyl groups excluding tert-OH is 2. The van der Waals surface area contributed by atoms with Crippen molar-refractivity contribution in [2.24, 2.45) is 11.3 Å². The molecule has 2 heterocycles. The molecule has 2 saturated carbocycles. The number of likely N-dealkylation sites (tertiary alicyclic amines) is 1. The predicted octanol–water partition coefficient (Wildman–Crippen LogP) is 2.40. The fraction of sp³-hybridized carbons (Fsp3) is 0.696. The maximum Gasteiger partial charge on any atom is 0.243 e. The van der Waals surface area contributed by atoms with Crippen LogP contribution in [0.1, 0.15) is 51.4 Å². The van der Waals surface area contributed by atoms with E-state index in [1.165, 1.54) is 0 Å². The number of nitrogens with zero attached hydrogens (tertiary/aromatic N) is 2. The maximum atomic E-state index is 13.9. The third kappa shape index (κ3) is 4.20. The monoisotopic (exact) mass is 482 g/mol. The molecule has 0 radical (unpaired) electrons. The number of piperidine rings is 1. The molecule has 0 spiro atoms. The maximum absolute atomic E-state index is 13.9. The average molecular weight is 483 g/mol. The van der Waals surface area contributed by atoms with Crippen molar-refractivity contribution in [3.05, 3.63) is 29.3 Å². The molecule has 4 fully saturated rings. The van der Waals surface area contributed by atoms with Crippen LogP contribution < -0.4 is 0 Å². The lowest BCUT2D eigenvalue weighted by Gasteiger charge is -2.47. The van der Waals surface area contributed by atoms with Gasteiger partial charge < -0.3 is 15.1 Å². The molecule has 1 amide bonds. The Labute approximate surface area is 194 Å². The van der Waals surface area contributed by atoms with Crippen LogP contribution in [0.5, 0.6) is 0 Å². The zero-order valence-corrected chi connectivity index (χ0v) is 19.6. The standard InChI is InChI=1S/C23H31ClN2O5S/c24-16-3-5-19(6-4-16)32(30,31)26-20(15-1-2-15)11-18(28)12-21(26)23(8-9-23)13-22(29)25-10-7-17(27)14-25/h3-6,15,17-18,20-21,27-28H,1-2,7-14H2. The van der Waals surface area contributed by atoms with Gasteiger partial charge >= 0.3 is 0 Å².